The van der Waals surface area contributed by atoms with Crippen molar-refractivity contribution in [2.24, 2.45) is 18.7 Å². The van der Waals surface area contributed by atoms with E-state index in [0.717, 1.165) is 17.3 Å². The fourth-order valence-electron chi connectivity index (χ4n) is 2.51. The number of carbonyl (C=O) groups is 2. The molecule has 0 aromatic carbocycles. The second-order valence-electron chi connectivity index (χ2n) is 5.14. The second-order valence-corrected chi connectivity index (χ2v) is 6.05. The molecule has 1 aliphatic heterocycles. The standard InChI is InChI=1S/C13H18BrN3O2/c1-8-3-4-9(12(15)18)6-17(8)13(19)11-5-10(14)7-16(11)2/h5,7-9H,3-4,6H2,1-2H3,(H2,15,18). The third-order valence-corrected chi connectivity index (χ3v) is 4.17. The molecule has 104 valence electrons. The van der Waals surface area contributed by atoms with Crippen molar-refractivity contribution in [3.63, 3.8) is 0 Å². The number of likely N-dealkylation sites (tertiary alicyclic amines) is 1. The number of carbonyl (C=O) groups excluding carboxylic acids is 2. The summed E-state index contributed by atoms with van der Waals surface area (Å²) >= 11 is 3.36. The third-order valence-electron chi connectivity index (χ3n) is 3.74. The van der Waals surface area contributed by atoms with Gasteiger partial charge in [-0.3, -0.25) is 9.59 Å². The SMILES string of the molecule is CC1CCC(C(N)=O)CN1C(=O)c1cc(Br)cn1C. The molecule has 1 aliphatic rings. The molecule has 5 nitrogen and oxygen atoms in total. The van der Waals surface area contributed by atoms with Gasteiger partial charge in [-0.05, 0) is 41.8 Å². The van der Waals surface area contributed by atoms with Crippen molar-refractivity contribution in [3.05, 3.63) is 22.4 Å². The highest BCUT2D eigenvalue weighted by Crippen LogP contribution is 2.24. The van der Waals surface area contributed by atoms with E-state index in [1.165, 1.54) is 0 Å². The van der Waals surface area contributed by atoms with Crippen molar-refractivity contribution < 1.29 is 9.59 Å². The van der Waals surface area contributed by atoms with E-state index in [2.05, 4.69) is 15.9 Å². The van der Waals surface area contributed by atoms with Gasteiger partial charge in [0.25, 0.3) is 5.91 Å². The summed E-state index contributed by atoms with van der Waals surface area (Å²) in [7, 11) is 1.83. The molecule has 0 spiro atoms. The second kappa shape index (κ2) is 5.36. The summed E-state index contributed by atoms with van der Waals surface area (Å²) in [6.45, 7) is 2.42. The molecule has 0 radical (unpaired) electrons. The van der Waals surface area contributed by atoms with Gasteiger partial charge in [0.1, 0.15) is 5.69 Å². The molecule has 1 aromatic heterocycles. The van der Waals surface area contributed by atoms with Crippen LogP contribution in [-0.4, -0.2) is 33.9 Å². The van der Waals surface area contributed by atoms with Crippen LogP contribution in [0.5, 0.6) is 0 Å². The lowest BCUT2D eigenvalue weighted by Gasteiger charge is -2.36. The summed E-state index contributed by atoms with van der Waals surface area (Å²) in [4.78, 5) is 25.6. The summed E-state index contributed by atoms with van der Waals surface area (Å²) in [6, 6.07) is 1.93. The maximum Gasteiger partial charge on any atom is 0.270 e. The molecule has 2 N–H and O–H groups in total. The zero-order chi connectivity index (χ0) is 14.2. The van der Waals surface area contributed by atoms with Crippen molar-refractivity contribution in [1.29, 1.82) is 0 Å². The molecule has 1 saturated heterocycles. The number of halogens is 1. The maximum absolute atomic E-state index is 12.5. The van der Waals surface area contributed by atoms with Gasteiger partial charge in [0.05, 0.1) is 5.92 Å². The number of piperidine rings is 1. The average Bonchev–Trinajstić information content (AvgIpc) is 2.68. The number of primary amides is 1. The number of aromatic nitrogens is 1. The molecule has 19 heavy (non-hydrogen) atoms. The summed E-state index contributed by atoms with van der Waals surface area (Å²) in [6.07, 6.45) is 3.41. The molecule has 2 unspecified atom stereocenters. The molecular formula is C13H18BrN3O2. The molecule has 2 atom stereocenters. The highest BCUT2D eigenvalue weighted by molar-refractivity contribution is 9.10. The number of hydrogen-bond donors (Lipinski definition) is 1. The normalized spacial score (nSPS) is 23.4. The quantitative estimate of drug-likeness (QED) is 0.894. The fourth-order valence-corrected chi connectivity index (χ4v) is 3.03. The predicted molar refractivity (Wildman–Crippen MR) is 75.5 cm³/mol. The lowest BCUT2D eigenvalue weighted by atomic mass is 9.92. The number of nitrogens with zero attached hydrogens (tertiary/aromatic N) is 2. The van der Waals surface area contributed by atoms with Crippen LogP contribution in [0.4, 0.5) is 0 Å². The first-order valence-corrected chi connectivity index (χ1v) is 7.11. The van der Waals surface area contributed by atoms with Crippen LogP contribution in [0.3, 0.4) is 0 Å². The van der Waals surface area contributed by atoms with Crippen LogP contribution in [0.2, 0.25) is 0 Å². The maximum atomic E-state index is 12.5. The number of amides is 2. The van der Waals surface area contributed by atoms with Crippen molar-refractivity contribution in [1.82, 2.24) is 9.47 Å². The third kappa shape index (κ3) is 2.83. The van der Waals surface area contributed by atoms with Crippen LogP contribution < -0.4 is 5.73 Å². The summed E-state index contributed by atoms with van der Waals surface area (Å²) in [5.41, 5.74) is 5.97. The van der Waals surface area contributed by atoms with E-state index in [1.807, 2.05) is 20.2 Å². The van der Waals surface area contributed by atoms with Gasteiger partial charge in [0, 0.05) is 30.3 Å². The number of aryl methyl sites for hydroxylation is 1. The minimum absolute atomic E-state index is 0.0494. The Morgan fingerprint density at radius 3 is 2.63 bits per heavy atom. The van der Waals surface area contributed by atoms with Gasteiger partial charge >= 0.3 is 0 Å². The van der Waals surface area contributed by atoms with Crippen LogP contribution in [-0.2, 0) is 11.8 Å². The molecule has 2 heterocycles. The van der Waals surface area contributed by atoms with Gasteiger partial charge in [0.2, 0.25) is 5.91 Å². The van der Waals surface area contributed by atoms with Gasteiger partial charge in [0.15, 0.2) is 0 Å². The van der Waals surface area contributed by atoms with Crippen LogP contribution >= 0.6 is 15.9 Å². The number of nitrogens with two attached hydrogens (primary N) is 1. The fraction of sp³-hybridized carbons (Fsp3) is 0.538. The molecule has 2 rings (SSSR count). The largest absolute Gasteiger partial charge is 0.369 e. The zero-order valence-electron chi connectivity index (χ0n) is 11.1. The smallest absolute Gasteiger partial charge is 0.270 e. The molecule has 0 aliphatic carbocycles. The Labute approximate surface area is 120 Å². The van der Waals surface area contributed by atoms with E-state index in [4.69, 9.17) is 5.73 Å². The topological polar surface area (TPSA) is 68.3 Å². The average molecular weight is 328 g/mol. The van der Waals surface area contributed by atoms with Crippen LogP contribution in [0.25, 0.3) is 0 Å². The van der Waals surface area contributed by atoms with Gasteiger partial charge in [-0.25, -0.2) is 0 Å². The predicted octanol–water partition coefficient (Wildman–Crippen LogP) is 1.51. The highest BCUT2D eigenvalue weighted by Gasteiger charge is 2.32. The van der Waals surface area contributed by atoms with Gasteiger partial charge in [-0.2, -0.15) is 0 Å². The molecule has 2 amide bonds. The Hall–Kier alpha value is -1.30. The molecular weight excluding hydrogens is 310 g/mol. The van der Waals surface area contributed by atoms with E-state index >= 15 is 0 Å². The molecule has 0 saturated carbocycles. The number of hydrogen-bond acceptors (Lipinski definition) is 2. The Morgan fingerprint density at radius 2 is 2.11 bits per heavy atom. The van der Waals surface area contributed by atoms with Crippen molar-refractivity contribution in [3.8, 4) is 0 Å². The Morgan fingerprint density at radius 1 is 1.42 bits per heavy atom. The van der Waals surface area contributed by atoms with Gasteiger partial charge < -0.3 is 15.2 Å². The van der Waals surface area contributed by atoms with E-state index in [-0.39, 0.29) is 23.8 Å². The lowest BCUT2D eigenvalue weighted by Crippen LogP contribution is -2.48. The minimum atomic E-state index is -0.322. The van der Waals surface area contributed by atoms with Crippen molar-refractivity contribution >= 4 is 27.7 Å². The van der Waals surface area contributed by atoms with Gasteiger partial charge in [-0.1, -0.05) is 0 Å². The zero-order valence-corrected chi connectivity index (χ0v) is 12.7. The minimum Gasteiger partial charge on any atom is -0.369 e. The molecule has 1 fully saturated rings. The van der Waals surface area contributed by atoms with Crippen LogP contribution in [0, 0.1) is 5.92 Å². The molecule has 0 bridgehead atoms. The van der Waals surface area contributed by atoms with Crippen LogP contribution in [0.1, 0.15) is 30.3 Å². The lowest BCUT2D eigenvalue weighted by molar-refractivity contribution is -0.123. The number of rotatable bonds is 2. The first-order valence-electron chi connectivity index (χ1n) is 6.32. The summed E-state index contributed by atoms with van der Waals surface area (Å²) in [5, 5.41) is 0. The Balaban J connectivity index is 2.21. The van der Waals surface area contributed by atoms with Gasteiger partial charge in [-0.15, -0.1) is 0 Å². The molecule has 1 aromatic rings. The van der Waals surface area contributed by atoms with E-state index < -0.39 is 0 Å². The first-order chi connectivity index (χ1) is 8.90. The highest BCUT2D eigenvalue weighted by atomic mass is 79.9. The van der Waals surface area contributed by atoms with E-state index in [1.54, 1.807) is 15.5 Å². The van der Waals surface area contributed by atoms with E-state index in [0.29, 0.717) is 12.2 Å². The monoisotopic (exact) mass is 327 g/mol. The first kappa shape index (κ1) is 14.1. The van der Waals surface area contributed by atoms with Crippen LogP contribution in [0.15, 0.2) is 16.7 Å². The summed E-state index contributed by atoms with van der Waals surface area (Å²) < 4.78 is 2.65. The Kier molecular flexibility index (Phi) is 3.99. The van der Waals surface area contributed by atoms with Crippen molar-refractivity contribution in [2.75, 3.05) is 6.54 Å². The van der Waals surface area contributed by atoms with E-state index in [9.17, 15) is 9.59 Å². The van der Waals surface area contributed by atoms with Crippen molar-refractivity contribution in [2.45, 2.75) is 25.8 Å². The Bertz CT molecular complexity index is 512. The summed E-state index contributed by atoms with van der Waals surface area (Å²) in [5.74, 6) is -0.603. The molecule has 6 heteroatoms.